The van der Waals surface area contributed by atoms with E-state index >= 15 is 0 Å². The lowest BCUT2D eigenvalue weighted by molar-refractivity contribution is 0.387. The molecule has 2 N–H and O–H groups in total. The van der Waals surface area contributed by atoms with Gasteiger partial charge in [0.05, 0.1) is 13.1 Å². The van der Waals surface area contributed by atoms with Gasteiger partial charge in [-0.15, -0.1) is 35.7 Å². The fourth-order valence-corrected chi connectivity index (χ4v) is 2.76. The first-order chi connectivity index (χ1) is 11.1. The van der Waals surface area contributed by atoms with Crippen molar-refractivity contribution in [2.75, 3.05) is 12.8 Å². The van der Waals surface area contributed by atoms with Crippen molar-refractivity contribution in [3.8, 4) is 0 Å². The van der Waals surface area contributed by atoms with Gasteiger partial charge in [-0.25, -0.2) is 4.99 Å². The molecule has 0 atom stereocenters. The van der Waals surface area contributed by atoms with Gasteiger partial charge < -0.3 is 15.2 Å². The van der Waals surface area contributed by atoms with Crippen LogP contribution < -0.4 is 10.6 Å². The predicted molar refractivity (Wildman–Crippen MR) is 109 cm³/mol. The van der Waals surface area contributed by atoms with E-state index < -0.39 is 0 Å². The topological polar surface area (TPSA) is 75.3 Å². The standard InChI is InChI=1S/C16H23N5OS.HI/c1-5-17-16(19-10-15-20-12(3)22-21-15)18-9-13-7-6-11(2)8-14(13)23-4;/h6-8H,5,9-10H2,1-4H3,(H2,17,18,19);1H. The summed E-state index contributed by atoms with van der Waals surface area (Å²) in [5, 5.41) is 10.3. The molecule has 1 aromatic heterocycles. The molecule has 0 amide bonds. The second-order valence-electron chi connectivity index (χ2n) is 5.09. The van der Waals surface area contributed by atoms with Gasteiger partial charge in [0, 0.05) is 18.4 Å². The van der Waals surface area contributed by atoms with Crippen molar-refractivity contribution in [1.29, 1.82) is 0 Å². The quantitative estimate of drug-likeness (QED) is 0.298. The van der Waals surface area contributed by atoms with Gasteiger partial charge in [0.25, 0.3) is 0 Å². The van der Waals surface area contributed by atoms with Crippen molar-refractivity contribution in [3.05, 3.63) is 41.0 Å². The number of aromatic nitrogens is 2. The summed E-state index contributed by atoms with van der Waals surface area (Å²) in [5.41, 5.74) is 2.48. The molecule has 0 aliphatic heterocycles. The number of guanidine groups is 1. The van der Waals surface area contributed by atoms with Crippen molar-refractivity contribution in [1.82, 2.24) is 20.8 Å². The Hall–Kier alpha value is -1.29. The molecule has 0 spiro atoms. The summed E-state index contributed by atoms with van der Waals surface area (Å²) >= 11 is 1.75. The molecule has 1 heterocycles. The van der Waals surface area contributed by atoms with Crippen LogP contribution in [0.1, 0.15) is 29.8 Å². The van der Waals surface area contributed by atoms with Crippen molar-refractivity contribution >= 4 is 41.7 Å². The van der Waals surface area contributed by atoms with Crippen LogP contribution in [0.5, 0.6) is 0 Å². The van der Waals surface area contributed by atoms with Gasteiger partial charge in [-0.3, -0.25) is 0 Å². The van der Waals surface area contributed by atoms with E-state index in [0.717, 1.165) is 12.5 Å². The Balaban J connectivity index is 0.00000288. The summed E-state index contributed by atoms with van der Waals surface area (Å²) in [4.78, 5) is 10.1. The number of nitrogens with one attached hydrogen (secondary N) is 2. The van der Waals surface area contributed by atoms with Gasteiger partial charge >= 0.3 is 0 Å². The molecular formula is C16H24IN5OS. The molecule has 24 heavy (non-hydrogen) atoms. The van der Waals surface area contributed by atoms with Gasteiger partial charge in [-0.05, 0) is 37.3 Å². The van der Waals surface area contributed by atoms with Crippen LogP contribution in [0, 0.1) is 13.8 Å². The second kappa shape index (κ2) is 10.5. The molecule has 0 aliphatic carbocycles. The fourth-order valence-electron chi connectivity index (χ4n) is 2.06. The first-order valence-corrected chi connectivity index (χ1v) is 8.79. The van der Waals surface area contributed by atoms with Crippen LogP contribution in [0.25, 0.3) is 0 Å². The summed E-state index contributed by atoms with van der Waals surface area (Å²) in [7, 11) is 0. The van der Waals surface area contributed by atoms with Crippen LogP contribution in [0.15, 0.2) is 32.6 Å². The molecule has 0 saturated carbocycles. The maximum Gasteiger partial charge on any atom is 0.223 e. The highest BCUT2D eigenvalue weighted by Gasteiger charge is 2.05. The largest absolute Gasteiger partial charge is 0.357 e. The lowest BCUT2D eigenvalue weighted by Gasteiger charge is -2.11. The third kappa shape index (κ3) is 6.31. The van der Waals surface area contributed by atoms with E-state index in [2.05, 4.69) is 57.1 Å². The molecule has 0 saturated heterocycles. The fraction of sp³-hybridized carbons (Fsp3) is 0.438. The third-order valence-electron chi connectivity index (χ3n) is 3.18. The zero-order valence-corrected chi connectivity index (χ0v) is 17.6. The van der Waals surface area contributed by atoms with E-state index in [1.54, 1.807) is 18.7 Å². The Bertz CT molecular complexity index is 674. The Labute approximate surface area is 164 Å². The number of aliphatic imine (C=N–C) groups is 1. The average molecular weight is 461 g/mol. The number of aryl methyl sites for hydroxylation is 2. The molecule has 6 nitrogen and oxygen atoms in total. The molecule has 132 valence electrons. The molecule has 0 aliphatic rings. The third-order valence-corrected chi connectivity index (χ3v) is 4.00. The predicted octanol–water partition coefficient (Wildman–Crippen LogP) is 3.28. The summed E-state index contributed by atoms with van der Waals surface area (Å²) in [5.74, 6) is 1.92. The minimum absolute atomic E-state index is 0. The summed E-state index contributed by atoms with van der Waals surface area (Å²) in [6, 6.07) is 6.45. The highest BCUT2D eigenvalue weighted by atomic mass is 127. The van der Waals surface area contributed by atoms with E-state index in [0.29, 0.717) is 24.8 Å². The van der Waals surface area contributed by atoms with E-state index in [9.17, 15) is 0 Å². The summed E-state index contributed by atoms with van der Waals surface area (Å²) in [6.45, 7) is 7.81. The summed E-state index contributed by atoms with van der Waals surface area (Å²) < 4.78 is 4.96. The Morgan fingerprint density at radius 2 is 2.08 bits per heavy atom. The number of thioether (sulfide) groups is 1. The van der Waals surface area contributed by atoms with Gasteiger partial charge in [0.2, 0.25) is 5.89 Å². The molecule has 0 radical (unpaired) electrons. The van der Waals surface area contributed by atoms with Crippen LogP contribution in [-0.4, -0.2) is 28.9 Å². The van der Waals surface area contributed by atoms with E-state index in [1.165, 1.54) is 16.0 Å². The van der Waals surface area contributed by atoms with Crippen molar-refractivity contribution in [2.45, 2.75) is 38.8 Å². The normalized spacial score (nSPS) is 11.1. The number of rotatable bonds is 6. The van der Waals surface area contributed by atoms with E-state index in [1.807, 2.05) is 6.92 Å². The number of nitrogens with zero attached hydrogens (tertiary/aromatic N) is 3. The maximum atomic E-state index is 4.96. The average Bonchev–Trinajstić information content (AvgIpc) is 2.96. The number of benzene rings is 1. The molecule has 0 unspecified atom stereocenters. The minimum atomic E-state index is 0. The van der Waals surface area contributed by atoms with E-state index in [-0.39, 0.29) is 24.0 Å². The highest BCUT2D eigenvalue weighted by molar-refractivity contribution is 14.0. The van der Waals surface area contributed by atoms with Crippen molar-refractivity contribution in [3.63, 3.8) is 0 Å². The van der Waals surface area contributed by atoms with Crippen molar-refractivity contribution < 1.29 is 4.52 Å². The van der Waals surface area contributed by atoms with Crippen LogP contribution in [0.3, 0.4) is 0 Å². The molecular weight excluding hydrogens is 437 g/mol. The van der Waals surface area contributed by atoms with Crippen LogP contribution in [-0.2, 0) is 13.1 Å². The highest BCUT2D eigenvalue weighted by Crippen LogP contribution is 2.22. The number of hydrogen-bond acceptors (Lipinski definition) is 5. The monoisotopic (exact) mass is 461 g/mol. The molecule has 0 fully saturated rings. The SMILES string of the molecule is CCNC(=NCc1ccc(C)cc1SC)NCc1noc(C)n1.I. The lowest BCUT2D eigenvalue weighted by atomic mass is 10.1. The summed E-state index contributed by atoms with van der Waals surface area (Å²) in [6.07, 6.45) is 2.09. The molecule has 8 heteroatoms. The second-order valence-corrected chi connectivity index (χ2v) is 5.94. The molecule has 2 aromatic rings. The van der Waals surface area contributed by atoms with Gasteiger partial charge in [-0.2, -0.15) is 4.98 Å². The van der Waals surface area contributed by atoms with Crippen LogP contribution in [0.2, 0.25) is 0 Å². The van der Waals surface area contributed by atoms with Gasteiger partial charge in [-0.1, -0.05) is 17.3 Å². The first kappa shape index (κ1) is 20.8. The zero-order valence-electron chi connectivity index (χ0n) is 14.4. The number of hydrogen-bond donors (Lipinski definition) is 2. The smallest absolute Gasteiger partial charge is 0.223 e. The maximum absolute atomic E-state index is 4.96. The van der Waals surface area contributed by atoms with Crippen molar-refractivity contribution in [2.24, 2.45) is 4.99 Å². The molecule has 0 bridgehead atoms. The minimum Gasteiger partial charge on any atom is -0.357 e. The van der Waals surface area contributed by atoms with E-state index in [4.69, 9.17) is 4.52 Å². The Morgan fingerprint density at radius 3 is 2.71 bits per heavy atom. The Morgan fingerprint density at radius 1 is 1.29 bits per heavy atom. The van der Waals surface area contributed by atoms with Gasteiger partial charge in [0.1, 0.15) is 0 Å². The molecule has 1 aromatic carbocycles. The first-order valence-electron chi connectivity index (χ1n) is 7.57. The van der Waals surface area contributed by atoms with Crippen LogP contribution in [0.4, 0.5) is 0 Å². The van der Waals surface area contributed by atoms with Crippen LogP contribution >= 0.6 is 35.7 Å². The number of halogens is 1. The zero-order chi connectivity index (χ0) is 16.7. The van der Waals surface area contributed by atoms with Gasteiger partial charge in [0.15, 0.2) is 11.8 Å². The lowest BCUT2D eigenvalue weighted by Crippen LogP contribution is -2.37. The molecule has 2 rings (SSSR count). The Kier molecular flexibility index (Phi) is 9.12.